The summed E-state index contributed by atoms with van der Waals surface area (Å²) >= 11 is 0. The van der Waals surface area contributed by atoms with E-state index in [1.807, 2.05) is 58.8 Å². The zero-order valence-electron chi connectivity index (χ0n) is 12.1. The number of rotatable bonds is 3. The minimum absolute atomic E-state index is 0.210. The van der Waals surface area contributed by atoms with E-state index in [1.165, 1.54) is 0 Å². The Hall–Kier alpha value is -1.26. The number of nitrogens with zero attached hydrogens (tertiary/aromatic N) is 3. The van der Waals surface area contributed by atoms with Crippen LogP contribution in [0.5, 0.6) is 0 Å². The SMILES string of the molecule is CN(C)C(=NCCC(=O)OC(C)(C)C)N(C)C. The summed E-state index contributed by atoms with van der Waals surface area (Å²) in [5, 5.41) is 0. The van der Waals surface area contributed by atoms with Gasteiger partial charge in [0, 0.05) is 28.2 Å². The fourth-order valence-electron chi connectivity index (χ4n) is 1.32. The summed E-state index contributed by atoms with van der Waals surface area (Å²) in [6.07, 6.45) is 0.308. The van der Waals surface area contributed by atoms with Crippen LogP contribution in [0.3, 0.4) is 0 Å². The van der Waals surface area contributed by atoms with Crippen LogP contribution >= 0.6 is 0 Å². The predicted octanol–water partition coefficient (Wildman–Crippen LogP) is 1.20. The average molecular weight is 243 g/mol. The first-order chi connectivity index (χ1) is 7.63. The molecule has 100 valence electrons. The van der Waals surface area contributed by atoms with Gasteiger partial charge in [-0.05, 0) is 20.8 Å². The lowest BCUT2D eigenvalue weighted by Crippen LogP contribution is -2.35. The van der Waals surface area contributed by atoms with Gasteiger partial charge in [-0.3, -0.25) is 9.79 Å². The van der Waals surface area contributed by atoms with E-state index in [2.05, 4.69) is 4.99 Å². The van der Waals surface area contributed by atoms with E-state index in [-0.39, 0.29) is 5.97 Å². The molecule has 0 spiro atoms. The lowest BCUT2D eigenvalue weighted by atomic mass is 10.2. The maximum absolute atomic E-state index is 11.5. The van der Waals surface area contributed by atoms with E-state index < -0.39 is 5.60 Å². The third-order valence-corrected chi connectivity index (χ3v) is 1.79. The highest BCUT2D eigenvalue weighted by Gasteiger charge is 2.15. The van der Waals surface area contributed by atoms with Gasteiger partial charge in [-0.2, -0.15) is 0 Å². The van der Waals surface area contributed by atoms with Crippen LogP contribution in [0.1, 0.15) is 27.2 Å². The van der Waals surface area contributed by atoms with Gasteiger partial charge in [0.1, 0.15) is 5.60 Å². The van der Waals surface area contributed by atoms with E-state index in [9.17, 15) is 4.79 Å². The van der Waals surface area contributed by atoms with Crippen LogP contribution in [0.25, 0.3) is 0 Å². The van der Waals surface area contributed by atoms with E-state index in [4.69, 9.17) is 4.74 Å². The van der Waals surface area contributed by atoms with Crippen molar-refractivity contribution in [3.05, 3.63) is 0 Å². The molecule has 0 aromatic rings. The molecule has 0 aromatic heterocycles. The number of carbonyl (C=O) groups is 1. The fraction of sp³-hybridized carbons (Fsp3) is 0.833. The third kappa shape index (κ3) is 7.60. The Balaban J connectivity index is 4.20. The Morgan fingerprint density at radius 2 is 1.59 bits per heavy atom. The van der Waals surface area contributed by atoms with Crippen LogP contribution in [-0.4, -0.2) is 62.1 Å². The molecule has 0 amide bonds. The molecule has 0 N–H and O–H groups in total. The number of aliphatic imine (C=N–C) groups is 1. The highest BCUT2D eigenvalue weighted by molar-refractivity contribution is 5.79. The largest absolute Gasteiger partial charge is 0.460 e. The second kappa shape index (κ2) is 6.47. The van der Waals surface area contributed by atoms with Gasteiger partial charge in [0.15, 0.2) is 5.96 Å². The molecule has 0 fully saturated rings. The molecule has 0 saturated carbocycles. The number of esters is 1. The van der Waals surface area contributed by atoms with Crippen molar-refractivity contribution in [1.29, 1.82) is 0 Å². The number of guanidine groups is 1. The van der Waals surface area contributed by atoms with Gasteiger partial charge >= 0.3 is 5.97 Å². The Morgan fingerprint density at radius 3 is 1.94 bits per heavy atom. The maximum atomic E-state index is 11.5. The van der Waals surface area contributed by atoms with Gasteiger partial charge < -0.3 is 14.5 Å². The number of carbonyl (C=O) groups excluding carboxylic acids is 1. The number of hydrogen-bond acceptors (Lipinski definition) is 3. The summed E-state index contributed by atoms with van der Waals surface area (Å²) < 4.78 is 5.21. The van der Waals surface area contributed by atoms with E-state index in [0.717, 1.165) is 5.96 Å². The van der Waals surface area contributed by atoms with Crippen molar-refractivity contribution in [2.45, 2.75) is 32.8 Å². The molecule has 0 saturated heterocycles. The smallest absolute Gasteiger partial charge is 0.308 e. The monoisotopic (exact) mass is 243 g/mol. The summed E-state index contributed by atoms with van der Waals surface area (Å²) in [7, 11) is 7.69. The first kappa shape index (κ1) is 15.7. The van der Waals surface area contributed by atoms with E-state index in [0.29, 0.717) is 13.0 Å². The maximum Gasteiger partial charge on any atom is 0.308 e. The summed E-state index contributed by atoms with van der Waals surface area (Å²) in [6, 6.07) is 0. The molecule has 0 rings (SSSR count). The number of hydrogen-bond donors (Lipinski definition) is 0. The highest BCUT2D eigenvalue weighted by Crippen LogP contribution is 2.08. The molecule has 0 radical (unpaired) electrons. The van der Waals surface area contributed by atoms with Gasteiger partial charge in [0.2, 0.25) is 0 Å². The van der Waals surface area contributed by atoms with Crippen molar-refractivity contribution < 1.29 is 9.53 Å². The summed E-state index contributed by atoms with van der Waals surface area (Å²) in [4.78, 5) is 19.6. The summed E-state index contributed by atoms with van der Waals surface area (Å²) in [6.45, 7) is 6.03. The second-order valence-corrected chi connectivity index (χ2v) is 5.31. The van der Waals surface area contributed by atoms with Crippen molar-refractivity contribution >= 4 is 11.9 Å². The molecule has 0 heterocycles. The molecule has 0 unspecified atom stereocenters. The molecule has 5 nitrogen and oxygen atoms in total. The zero-order valence-corrected chi connectivity index (χ0v) is 12.1. The van der Waals surface area contributed by atoms with Crippen molar-refractivity contribution in [3.8, 4) is 0 Å². The Bertz CT molecular complexity index is 268. The first-order valence-corrected chi connectivity index (χ1v) is 5.74. The van der Waals surface area contributed by atoms with Crippen LogP contribution in [0.15, 0.2) is 4.99 Å². The van der Waals surface area contributed by atoms with Gasteiger partial charge in [-0.25, -0.2) is 0 Å². The first-order valence-electron chi connectivity index (χ1n) is 5.74. The van der Waals surface area contributed by atoms with Gasteiger partial charge in [-0.1, -0.05) is 0 Å². The molecule has 0 aromatic carbocycles. The van der Waals surface area contributed by atoms with Crippen LogP contribution in [-0.2, 0) is 9.53 Å². The van der Waals surface area contributed by atoms with Crippen molar-refractivity contribution in [2.75, 3.05) is 34.7 Å². The normalized spacial score (nSPS) is 10.8. The van der Waals surface area contributed by atoms with Crippen molar-refractivity contribution in [1.82, 2.24) is 9.80 Å². The standard InChI is InChI=1S/C12H25N3O2/c1-12(2,3)17-10(16)8-9-13-11(14(4)5)15(6)7/h8-9H2,1-7H3. The van der Waals surface area contributed by atoms with E-state index in [1.54, 1.807) is 0 Å². The van der Waals surface area contributed by atoms with Crippen LogP contribution in [0.2, 0.25) is 0 Å². The van der Waals surface area contributed by atoms with Crippen LogP contribution in [0, 0.1) is 0 Å². The van der Waals surface area contributed by atoms with Crippen molar-refractivity contribution in [2.24, 2.45) is 4.99 Å². The molecule has 0 bridgehead atoms. The quantitative estimate of drug-likeness (QED) is 0.424. The van der Waals surface area contributed by atoms with Gasteiger partial charge in [-0.15, -0.1) is 0 Å². The predicted molar refractivity (Wildman–Crippen MR) is 70.1 cm³/mol. The van der Waals surface area contributed by atoms with Gasteiger partial charge in [0.05, 0.1) is 13.0 Å². The summed E-state index contributed by atoms with van der Waals surface area (Å²) in [5.74, 6) is 0.631. The van der Waals surface area contributed by atoms with Gasteiger partial charge in [0.25, 0.3) is 0 Å². The molecule has 0 aliphatic rings. The molecular weight excluding hydrogens is 218 g/mol. The molecule has 0 aliphatic carbocycles. The molecule has 5 heteroatoms. The Kier molecular flexibility index (Phi) is 5.99. The van der Waals surface area contributed by atoms with Crippen molar-refractivity contribution in [3.63, 3.8) is 0 Å². The molecule has 0 aliphatic heterocycles. The average Bonchev–Trinajstić information content (AvgIpc) is 2.07. The highest BCUT2D eigenvalue weighted by atomic mass is 16.6. The minimum atomic E-state index is -0.424. The molecular formula is C12H25N3O2. The third-order valence-electron chi connectivity index (χ3n) is 1.79. The van der Waals surface area contributed by atoms with E-state index >= 15 is 0 Å². The zero-order chi connectivity index (χ0) is 13.6. The summed E-state index contributed by atoms with van der Waals surface area (Å²) in [5.41, 5.74) is -0.424. The Morgan fingerprint density at radius 1 is 1.12 bits per heavy atom. The van der Waals surface area contributed by atoms with Crippen LogP contribution < -0.4 is 0 Å². The molecule has 0 atom stereocenters. The lowest BCUT2D eigenvalue weighted by Gasteiger charge is -2.23. The lowest BCUT2D eigenvalue weighted by molar-refractivity contribution is -0.154. The minimum Gasteiger partial charge on any atom is -0.460 e. The molecule has 17 heavy (non-hydrogen) atoms. The Labute approximate surface area is 104 Å². The topological polar surface area (TPSA) is 45.1 Å². The second-order valence-electron chi connectivity index (χ2n) is 5.31. The fourth-order valence-corrected chi connectivity index (χ4v) is 1.32. The van der Waals surface area contributed by atoms with Crippen LogP contribution in [0.4, 0.5) is 0 Å². The number of ether oxygens (including phenoxy) is 1.